The number of carbonyl (C=O) groups excluding carboxylic acids is 1. The molecule has 0 aromatic carbocycles. The first-order valence-electron chi connectivity index (χ1n) is 6.57. The molecule has 0 bridgehead atoms. The smallest absolute Gasteiger partial charge is 0.137 e. The maximum atomic E-state index is 12.1. The number of aliphatic hydroxyl groups is 1. The summed E-state index contributed by atoms with van der Waals surface area (Å²) in [6.45, 7) is 6.61. The van der Waals surface area contributed by atoms with Gasteiger partial charge in [-0.3, -0.25) is 4.79 Å². The van der Waals surface area contributed by atoms with Crippen molar-refractivity contribution in [3.05, 3.63) is 0 Å². The van der Waals surface area contributed by atoms with E-state index in [4.69, 9.17) is 0 Å². The standard InChI is InChI=1S/C14H20O2/c1-12(2)6-8-4-7-5-9(15)10-13(7,3)14(8,10)11(12)16/h7-8,10-11,16H,4-6H2,1-3H3/t7-,8-,10?,11-,13-,14?/m1/s1. The van der Waals surface area contributed by atoms with Crippen molar-refractivity contribution in [2.45, 2.75) is 46.1 Å². The van der Waals surface area contributed by atoms with E-state index in [0.29, 0.717) is 17.6 Å². The van der Waals surface area contributed by atoms with Crippen LogP contribution in [0.15, 0.2) is 0 Å². The molecule has 0 heterocycles. The Bertz CT molecular complexity index is 413. The quantitative estimate of drug-likeness (QED) is 0.678. The molecule has 1 spiro atoms. The Morgan fingerprint density at radius 3 is 2.56 bits per heavy atom. The van der Waals surface area contributed by atoms with E-state index in [-0.39, 0.29) is 28.3 Å². The molecule has 2 nitrogen and oxygen atoms in total. The second-order valence-corrected chi connectivity index (χ2v) is 7.54. The van der Waals surface area contributed by atoms with E-state index in [0.717, 1.165) is 12.8 Å². The van der Waals surface area contributed by atoms with E-state index < -0.39 is 0 Å². The minimum Gasteiger partial charge on any atom is -0.392 e. The number of aliphatic hydroxyl groups excluding tert-OH is 1. The molecule has 2 unspecified atom stereocenters. The van der Waals surface area contributed by atoms with Crippen molar-refractivity contribution in [3.63, 3.8) is 0 Å². The number of carbonyl (C=O) groups is 1. The molecule has 4 rings (SSSR count). The van der Waals surface area contributed by atoms with Crippen LogP contribution in [-0.2, 0) is 4.79 Å². The third-order valence-electron chi connectivity index (χ3n) is 6.75. The van der Waals surface area contributed by atoms with Crippen LogP contribution in [0.3, 0.4) is 0 Å². The fourth-order valence-electron chi connectivity index (χ4n) is 6.32. The highest BCUT2D eigenvalue weighted by molar-refractivity contribution is 5.91. The summed E-state index contributed by atoms with van der Waals surface area (Å²) < 4.78 is 0. The van der Waals surface area contributed by atoms with Crippen LogP contribution in [0.5, 0.6) is 0 Å². The number of ketones is 1. The molecule has 0 aromatic heterocycles. The maximum absolute atomic E-state index is 12.1. The van der Waals surface area contributed by atoms with Crippen LogP contribution in [0.2, 0.25) is 0 Å². The van der Waals surface area contributed by atoms with Gasteiger partial charge in [0.2, 0.25) is 0 Å². The Hall–Kier alpha value is -0.370. The first-order valence-corrected chi connectivity index (χ1v) is 6.57. The molecule has 4 saturated carbocycles. The lowest BCUT2D eigenvalue weighted by Gasteiger charge is -2.29. The maximum Gasteiger partial charge on any atom is 0.137 e. The van der Waals surface area contributed by atoms with Crippen molar-refractivity contribution in [2.75, 3.05) is 0 Å². The van der Waals surface area contributed by atoms with Gasteiger partial charge in [-0.15, -0.1) is 0 Å². The summed E-state index contributed by atoms with van der Waals surface area (Å²) >= 11 is 0. The van der Waals surface area contributed by atoms with Crippen molar-refractivity contribution in [1.29, 1.82) is 0 Å². The third kappa shape index (κ3) is 0.611. The lowest BCUT2D eigenvalue weighted by molar-refractivity contribution is -0.121. The SMILES string of the molecule is CC1(C)C[C@H]2C[C@@H]3CC(=O)C4C2([C@@H]1O)[C@@]43C. The molecule has 6 atom stereocenters. The van der Waals surface area contributed by atoms with Gasteiger partial charge in [-0.1, -0.05) is 20.8 Å². The molecule has 0 aromatic rings. The van der Waals surface area contributed by atoms with E-state index >= 15 is 0 Å². The van der Waals surface area contributed by atoms with Crippen LogP contribution in [-0.4, -0.2) is 17.0 Å². The number of hydrogen-bond donors (Lipinski definition) is 1. The summed E-state index contributed by atoms with van der Waals surface area (Å²) in [5.74, 6) is 1.86. The van der Waals surface area contributed by atoms with Crippen LogP contribution in [0.1, 0.15) is 40.0 Å². The lowest BCUT2D eigenvalue weighted by Crippen LogP contribution is -2.34. The van der Waals surface area contributed by atoms with E-state index in [2.05, 4.69) is 20.8 Å². The van der Waals surface area contributed by atoms with E-state index in [1.807, 2.05) is 0 Å². The molecule has 88 valence electrons. The normalized spacial score (nSPS) is 64.6. The zero-order valence-corrected chi connectivity index (χ0v) is 10.3. The molecule has 0 saturated heterocycles. The molecule has 0 amide bonds. The predicted octanol–water partition coefficient (Wildman–Crippen LogP) is 2.01. The Kier molecular flexibility index (Phi) is 1.29. The van der Waals surface area contributed by atoms with Gasteiger partial charge in [0.05, 0.1) is 6.10 Å². The lowest BCUT2D eigenvalue weighted by atomic mass is 9.79. The highest BCUT2D eigenvalue weighted by atomic mass is 16.3. The van der Waals surface area contributed by atoms with Gasteiger partial charge in [-0.2, -0.15) is 0 Å². The van der Waals surface area contributed by atoms with Crippen molar-refractivity contribution in [1.82, 2.24) is 0 Å². The fraction of sp³-hybridized carbons (Fsp3) is 0.929. The molecule has 16 heavy (non-hydrogen) atoms. The first-order chi connectivity index (χ1) is 7.36. The molecular formula is C14H20O2. The summed E-state index contributed by atoms with van der Waals surface area (Å²) in [5.41, 5.74) is 0.182. The van der Waals surface area contributed by atoms with E-state index in [9.17, 15) is 9.90 Å². The summed E-state index contributed by atoms with van der Waals surface area (Å²) in [6.07, 6.45) is 2.85. The van der Waals surface area contributed by atoms with Gasteiger partial charge < -0.3 is 5.11 Å². The van der Waals surface area contributed by atoms with Crippen molar-refractivity contribution in [3.8, 4) is 0 Å². The zero-order chi connectivity index (χ0) is 11.5. The minimum atomic E-state index is -0.255. The average Bonchev–Trinajstić information content (AvgIpc) is 2.52. The molecule has 4 aliphatic rings. The molecular weight excluding hydrogens is 200 g/mol. The van der Waals surface area contributed by atoms with Gasteiger partial charge in [0.1, 0.15) is 5.78 Å². The van der Waals surface area contributed by atoms with E-state index in [1.54, 1.807) is 0 Å². The van der Waals surface area contributed by atoms with Crippen LogP contribution in [0, 0.1) is 34.0 Å². The summed E-state index contributed by atoms with van der Waals surface area (Å²) in [5, 5.41) is 10.7. The highest BCUT2D eigenvalue weighted by Crippen LogP contribution is 2.91. The molecule has 0 aliphatic heterocycles. The third-order valence-corrected chi connectivity index (χ3v) is 6.75. The Morgan fingerprint density at radius 2 is 1.94 bits per heavy atom. The number of rotatable bonds is 0. The monoisotopic (exact) mass is 220 g/mol. The molecule has 2 heteroatoms. The Balaban J connectivity index is 1.89. The summed E-state index contributed by atoms with van der Waals surface area (Å²) in [7, 11) is 0. The Morgan fingerprint density at radius 1 is 1.25 bits per heavy atom. The van der Waals surface area contributed by atoms with Gasteiger partial charge in [-0.25, -0.2) is 0 Å². The first kappa shape index (κ1) is 9.64. The van der Waals surface area contributed by atoms with Crippen molar-refractivity contribution < 1.29 is 9.90 Å². The summed E-state index contributed by atoms with van der Waals surface area (Å²) in [6, 6.07) is 0. The van der Waals surface area contributed by atoms with Crippen molar-refractivity contribution in [2.24, 2.45) is 34.0 Å². The molecule has 4 fully saturated rings. The van der Waals surface area contributed by atoms with Gasteiger partial charge in [0.15, 0.2) is 0 Å². The minimum absolute atomic E-state index is 0.00347. The molecule has 4 aliphatic carbocycles. The number of Topliss-reactive ketones (excluding diaryl/α,β-unsaturated/α-hetero) is 1. The Labute approximate surface area is 96.4 Å². The summed E-state index contributed by atoms with van der Waals surface area (Å²) in [4.78, 5) is 12.1. The highest BCUT2D eigenvalue weighted by Gasteiger charge is 2.92. The van der Waals surface area contributed by atoms with Crippen LogP contribution in [0.4, 0.5) is 0 Å². The van der Waals surface area contributed by atoms with Crippen LogP contribution < -0.4 is 0 Å². The van der Waals surface area contributed by atoms with Gasteiger partial charge in [0.25, 0.3) is 0 Å². The molecule has 0 radical (unpaired) electrons. The van der Waals surface area contributed by atoms with Crippen molar-refractivity contribution >= 4 is 5.78 Å². The van der Waals surface area contributed by atoms with Gasteiger partial charge in [-0.05, 0) is 35.5 Å². The zero-order valence-electron chi connectivity index (χ0n) is 10.3. The second-order valence-electron chi connectivity index (χ2n) is 7.54. The van der Waals surface area contributed by atoms with Gasteiger partial charge >= 0.3 is 0 Å². The second kappa shape index (κ2) is 2.14. The van der Waals surface area contributed by atoms with Crippen LogP contribution >= 0.6 is 0 Å². The fourth-order valence-corrected chi connectivity index (χ4v) is 6.32. The van der Waals surface area contributed by atoms with E-state index in [1.165, 1.54) is 6.42 Å². The largest absolute Gasteiger partial charge is 0.392 e. The number of hydrogen-bond acceptors (Lipinski definition) is 2. The van der Waals surface area contributed by atoms with Gasteiger partial charge in [0, 0.05) is 17.8 Å². The predicted molar refractivity (Wildman–Crippen MR) is 59.7 cm³/mol. The average molecular weight is 220 g/mol. The van der Waals surface area contributed by atoms with Crippen LogP contribution in [0.25, 0.3) is 0 Å². The topological polar surface area (TPSA) is 37.3 Å². The molecule has 1 N–H and O–H groups in total.